The fourth-order valence-corrected chi connectivity index (χ4v) is 4.02. The number of likely N-dealkylation sites (tertiary alicyclic amines) is 1. The SMILES string of the molecule is CC(C)COc1ccc(C2=C(N3CCCCC3)C(=O)N(c3ccccc3F)C2=O)cc1. The fraction of sp³-hybridized carbons (Fsp3) is 0.360. The van der Waals surface area contributed by atoms with Crippen LogP contribution < -0.4 is 9.64 Å². The molecule has 31 heavy (non-hydrogen) atoms. The lowest BCUT2D eigenvalue weighted by molar-refractivity contribution is -0.120. The third-order valence-corrected chi connectivity index (χ3v) is 5.55. The van der Waals surface area contributed by atoms with E-state index in [9.17, 15) is 14.0 Å². The molecule has 0 atom stereocenters. The van der Waals surface area contributed by atoms with Crippen molar-refractivity contribution in [2.24, 2.45) is 5.92 Å². The monoisotopic (exact) mass is 422 g/mol. The molecule has 2 aliphatic rings. The summed E-state index contributed by atoms with van der Waals surface area (Å²) in [6.45, 7) is 6.16. The summed E-state index contributed by atoms with van der Waals surface area (Å²) in [5, 5.41) is 0. The van der Waals surface area contributed by atoms with Gasteiger partial charge in [-0.2, -0.15) is 0 Å². The van der Waals surface area contributed by atoms with Gasteiger partial charge in [0.2, 0.25) is 0 Å². The van der Waals surface area contributed by atoms with E-state index >= 15 is 0 Å². The molecule has 2 aromatic carbocycles. The van der Waals surface area contributed by atoms with E-state index in [1.54, 1.807) is 24.3 Å². The molecule has 2 aliphatic heterocycles. The van der Waals surface area contributed by atoms with Crippen molar-refractivity contribution in [1.82, 2.24) is 4.90 Å². The molecular weight excluding hydrogens is 395 g/mol. The number of carbonyl (C=O) groups excluding carboxylic acids is 2. The molecule has 0 saturated carbocycles. The lowest BCUT2D eigenvalue weighted by Crippen LogP contribution is -2.37. The Labute approximate surface area is 182 Å². The van der Waals surface area contributed by atoms with Crippen LogP contribution in [0.15, 0.2) is 54.2 Å². The van der Waals surface area contributed by atoms with Gasteiger partial charge in [0.1, 0.15) is 17.3 Å². The Kier molecular flexibility index (Phi) is 6.07. The summed E-state index contributed by atoms with van der Waals surface area (Å²) in [4.78, 5) is 29.8. The Bertz CT molecular complexity index is 1010. The number of hydrogen-bond donors (Lipinski definition) is 0. The van der Waals surface area contributed by atoms with Crippen molar-refractivity contribution >= 4 is 23.1 Å². The number of piperidine rings is 1. The molecule has 6 heteroatoms. The van der Waals surface area contributed by atoms with Gasteiger partial charge in [-0.05, 0) is 55.0 Å². The van der Waals surface area contributed by atoms with Gasteiger partial charge < -0.3 is 9.64 Å². The van der Waals surface area contributed by atoms with E-state index in [0.717, 1.165) is 24.2 Å². The second-order valence-electron chi connectivity index (χ2n) is 8.40. The molecule has 0 N–H and O–H groups in total. The number of ether oxygens (including phenoxy) is 1. The largest absolute Gasteiger partial charge is 0.493 e. The zero-order valence-electron chi connectivity index (χ0n) is 17.9. The molecule has 1 fully saturated rings. The highest BCUT2D eigenvalue weighted by Crippen LogP contribution is 2.37. The summed E-state index contributed by atoms with van der Waals surface area (Å²) in [6, 6.07) is 13.1. The lowest BCUT2D eigenvalue weighted by Gasteiger charge is -2.29. The van der Waals surface area contributed by atoms with Gasteiger partial charge in [-0.25, -0.2) is 9.29 Å². The van der Waals surface area contributed by atoms with E-state index in [1.165, 1.54) is 12.1 Å². The standard InChI is InChI=1S/C25H27FN2O3/c1-17(2)16-31-19-12-10-18(11-13-19)22-23(27-14-6-3-7-15-27)25(30)28(24(22)29)21-9-5-4-8-20(21)26/h4-5,8-13,17H,3,6-7,14-16H2,1-2H3. The minimum absolute atomic E-state index is 0.0149. The summed E-state index contributed by atoms with van der Waals surface area (Å²) in [6.07, 6.45) is 3.01. The van der Waals surface area contributed by atoms with Crippen LogP contribution in [0.3, 0.4) is 0 Å². The zero-order chi connectivity index (χ0) is 22.0. The molecule has 0 radical (unpaired) electrons. The highest BCUT2D eigenvalue weighted by Gasteiger charge is 2.43. The molecular formula is C25H27FN2O3. The van der Waals surface area contributed by atoms with Crippen LogP contribution in [-0.4, -0.2) is 36.4 Å². The molecule has 1 saturated heterocycles. The van der Waals surface area contributed by atoms with Gasteiger partial charge in [-0.1, -0.05) is 38.1 Å². The second kappa shape index (κ2) is 8.92. The van der Waals surface area contributed by atoms with Gasteiger partial charge in [0.05, 0.1) is 17.9 Å². The average molecular weight is 423 g/mol. The molecule has 5 nitrogen and oxygen atoms in total. The van der Waals surface area contributed by atoms with E-state index in [0.29, 0.717) is 48.2 Å². The molecule has 4 rings (SSSR count). The number of nitrogens with zero attached hydrogens (tertiary/aromatic N) is 2. The molecule has 0 bridgehead atoms. The summed E-state index contributed by atoms with van der Waals surface area (Å²) in [5.74, 6) is -0.448. The van der Waals surface area contributed by atoms with Crippen LogP contribution in [0, 0.1) is 11.7 Å². The number of amides is 2. The number of halogens is 1. The Morgan fingerprint density at radius 2 is 1.61 bits per heavy atom. The first-order valence-corrected chi connectivity index (χ1v) is 10.8. The maximum Gasteiger partial charge on any atom is 0.282 e. The number of carbonyl (C=O) groups is 2. The molecule has 2 heterocycles. The normalized spacial score (nSPS) is 17.2. The van der Waals surface area contributed by atoms with Crippen LogP contribution in [0.5, 0.6) is 5.75 Å². The Morgan fingerprint density at radius 3 is 2.26 bits per heavy atom. The second-order valence-corrected chi connectivity index (χ2v) is 8.40. The zero-order valence-corrected chi connectivity index (χ0v) is 17.9. The summed E-state index contributed by atoms with van der Waals surface area (Å²) < 4.78 is 20.2. The van der Waals surface area contributed by atoms with Crippen molar-refractivity contribution in [1.29, 1.82) is 0 Å². The van der Waals surface area contributed by atoms with Crippen LogP contribution in [0.2, 0.25) is 0 Å². The predicted molar refractivity (Wildman–Crippen MR) is 118 cm³/mol. The minimum Gasteiger partial charge on any atom is -0.493 e. The van der Waals surface area contributed by atoms with E-state index in [2.05, 4.69) is 13.8 Å². The van der Waals surface area contributed by atoms with Gasteiger partial charge in [-0.3, -0.25) is 9.59 Å². The molecule has 2 aromatic rings. The summed E-state index contributed by atoms with van der Waals surface area (Å²) >= 11 is 0. The number of hydrogen-bond acceptors (Lipinski definition) is 4. The number of imide groups is 1. The van der Waals surface area contributed by atoms with Crippen LogP contribution in [0.1, 0.15) is 38.7 Å². The quantitative estimate of drug-likeness (QED) is 0.637. The lowest BCUT2D eigenvalue weighted by atomic mass is 10.0. The molecule has 0 spiro atoms. The molecule has 0 aromatic heterocycles. The van der Waals surface area contributed by atoms with E-state index in [1.807, 2.05) is 17.0 Å². The Hall–Kier alpha value is -3.15. The first kappa shape index (κ1) is 21.1. The van der Waals surface area contributed by atoms with Crippen molar-refractivity contribution in [3.8, 4) is 5.75 Å². The van der Waals surface area contributed by atoms with Crippen LogP contribution in [-0.2, 0) is 9.59 Å². The van der Waals surface area contributed by atoms with Crippen LogP contribution in [0.25, 0.3) is 5.57 Å². The van der Waals surface area contributed by atoms with Crippen molar-refractivity contribution in [3.05, 3.63) is 65.6 Å². The average Bonchev–Trinajstić information content (AvgIpc) is 3.03. The molecule has 0 unspecified atom stereocenters. The Morgan fingerprint density at radius 1 is 0.935 bits per heavy atom. The first-order chi connectivity index (χ1) is 15.0. The van der Waals surface area contributed by atoms with Gasteiger partial charge in [0.25, 0.3) is 11.8 Å². The number of rotatable bonds is 6. The van der Waals surface area contributed by atoms with Crippen molar-refractivity contribution in [2.75, 3.05) is 24.6 Å². The maximum absolute atomic E-state index is 14.5. The van der Waals surface area contributed by atoms with Gasteiger partial charge in [0, 0.05) is 13.1 Å². The van der Waals surface area contributed by atoms with E-state index < -0.39 is 17.6 Å². The van der Waals surface area contributed by atoms with Crippen LogP contribution >= 0.6 is 0 Å². The van der Waals surface area contributed by atoms with Crippen molar-refractivity contribution in [3.63, 3.8) is 0 Å². The number of anilines is 1. The van der Waals surface area contributed by atoms with Crippen molar-refractivity contribution in [2.45, 2.75) is 33.1 Å². The van der Waals surface area contributed by atoms with Gasteiger partial charge >= 0.3 is 0 Å². The molecule has 162 valence electrons. The fourth-order valence-electron chi connectivity index (χ4n) is 4.02. The Balaban J connectivity index is 1.73. The van der Waals surface area contributed by atoms with Crippen molar-refractivity contribution < 1.29 is 18.7 Å². The highest BCUT2D eigenvalue weighted by molar-refractivity contribution is 6.45. The smallest absolute Gasteiger partial charge is 0.282 e. The minimum atomic E-state index is -0.596. The highest BCUT2D eigenvalue weighted by atomic mass is 19.1. The van der Waals surface area contributed by atoms with E-state index in [-0.39, 0.29) is 5.69 Å². The number of para-hydroxylation sites is 1. The predicted octanol–water partition coefficient (Wildman–Crippen LogP) is 4.63. The van der Waals surface area contributed by atoms with E-state index in [4.69, 9.17) is 4.74 Å². The third kappa shape index (κ3) is 4.20. The summed E-state index contributed by atoms with van der Waals surface area (Å²) in [7, 11) is 0. The maximum atomic E-state index is 14.5. The third-order valence-electron chi connectivity index (χ3n) is 5.55. The first-order valence-electron chi connectivity index (χ1n) is 10.8. The van der Waals surface area contributed by atoms with Gasteiger partial charge in [-0.15, -0.1) is 0 Å². The number of benzene rings is 2. The molecule has 2 amide bonds. The summed E-state index contributed by atoms with van der Waals surface area (Å²) in [5.41, 5.74) is 1.31. The molecule has 0 aliphatic carbocycles. The van der Waals surface area contributed by atoms with Gasteiger partial charge in [0.15, 0.2) is 0 Å². The topological polar surface area (TPSA) is 49.9 Å². The van der Waals surface area contributed by atoms with Crippen LogP contribution in [0.4, 0.5) is 10.1 Å².